The Labute approximate surface area is 184 Å². The lowest BCUT2D eigenvalue weighted by Gasteiger charge is -2.32. The molecule has 0 N–H and O–H groups in total. The fourth-order valence-corrected chi connectivity index (χ4v) is 4.37. The molecular formula is C27H30N2O2. The van der Waals surface area contributed by atoms with Crippen LogP contribution in [0, 0.1) is 0 Å². The first-order valence-electron chi connectivity index (χ1n) is 11.1. The van der Waals surface area contributed by atoms with Crippen molar-refractivity contribution >= 4 is 5.91 Å². The van der Waals surface area contributed by atoms with Crippen LogP contribution in [0.3, 0.4) is 0 Å². The highest BCUT2D eigenvalue weighted by Crippen LogP contribution is 2.27. The molecule has 1 aromatic heterocycles. The Balaban J connectivity index is 1.40. The molecular weight excluding hydrogens is 384 g/mol. The van der Waals surface area contributed by atoms with E-state index in [2.05, 4.69) is 36.4 Å². The maximum Gasteiger partial charge on any atom is 0.222 e. The van der Waals surface area contributed by atoms with Gasteiger partial charge in [-0.25, -0.2) is 0 Å². The average Bonchev–Trinajstić information content (AvgIpc) is 2.84. The highest BCUT2D eigenvalue weighted by molar-refractivity contribution is 5.76. The molecule has 0 aliphatic carbocycles. The summed E-state index contributed by atoms with van der Waals surface area (Å²) >= 11 is 0. The van der Waals surface area contributed by atoms with Crippen molar-refractivity contribution in [1.29, 1.82) is 0 Å². The summed E-state index contributed by atoms with van der Waals surface area (Å²) < 4.78 is 5.49. The van der Waals surface area contributed by atoms with Gasteiger partial charge in [-0.3, -0.25) is 9.78 Å². The molecule has 0 bridgehead atoms. The van der Waals surface area contributed by atoms with Crippen LogP contribution in [-0.4, -0.2) is 36.0 Å². The van der Waals surface area contributed by atoms with Crippen molar-refractivity contribution in [2.75, 3.05) is 20.2 Å². The van der Waals surface area contributed by atoms with Crippen LogP contribution in [0.2, 0.25) is 0 Å². The van der Waals surface area contributed by atoms with Gasteiger partial charge in [0.2, 0.25) is 5.91 Å². The van der Waals surface area contributed by atoms with Gasteiger partial charge < -0.3 is 9.64 Å². The minimum atomic E-state index is 0.249. The number of aryl methyl sites for hydroxylation is 1. The molecule has 4 heteroatoms. The summed E-state index contributed by atoms with van der Waals surface area (Å²) in [7, 11) is 1.70. The fraction of sp³-hybridized carbons (Fsp3) is 0.333. The zero-order valence-corrected chi connectivity index (χ0v) is 18.2. The van der Waals surface area contributed by atoms with Gasteiger partial charge in [0.15, 0.2) is 0 Å². The molecule has 31 heavy (non-hydrogen) atoms. The third-order valence-corrected chi connectivity index (χ3v) is 6.06. The van der Waals surface area contributed by atoms with Crippen LogP contribution in [0.5, 0.6) is 5.75 Å². The summed E-state index contributed by atoms with van der Waals surface area (Å²) in [5, 5.41) is 0. The monoisotopic (exact) mass is 414 g/mol. The number of methoxy groups -OCH3 is 1. The smallest absolute Gasteiger partial charge is 0.222 e. The van der Waals surface area contributed by atoms with Gasteiger partial charge in [-0.05, 0) is 43.0 Å². The SMILES string of the molecule is COc1ccccc1Cc1cccc(C2CCCN(C(=O)CCc3ccccc3)C2)n1. The van der Waals surface area contributed by atoms with E-state index in [1.165, 1.54) is 5.56 Å². The Morgan fingerprint density at radius 2 is 1.84 bits per heavy atom. The number of aromatic nitrogens is 1. The van der Waals surface area contributed by atoms with Gasteiger partial charge in [0.1, 0.15) is 5.75 Å². The molecule has 1 atom stereocenters. The summed E-state index contributed by atoms with van der Waals surface area (Å²) in [6.07, 6.45) is 4.21. The molecule has 2 aromatic carbocycles. The predicted octanol–water partition coefficient (Wildman–Crippen LogP) is 5.02. The van der Waals surface area contributed by atoms with E-state index in [1.807, 2.05) is 41.3 Å². The fourth-order valence-electron chi connectivity index (χ4n) is 4.37. The van der Waals surface area contributed by atoms with E-state index in [0.717, 1.165) is 61.5 Å². The van der Waals surface area contributed by atoms with Crippen LogP contribution < -0.4 is 4.74 Å². The molecule has 0 saturated carbocycles. The molecule has 1 saturated heterocycles. The standard InChI is InChI=1S/C27H30N2O2/c1-31-26-15-6-5-11-22(26)19-24-13-7-14-25(28-24)23-12-8-18-29(20-23)27(30)17-16-21-9-3-2-4-10-21/h2-7,9-11,13-15,23H,8,12,16-20H2,1H3. The van der Waals surface area contributed by atoms with Crippen LogP contribution in [0.25, 0.3) is 0 Å². The average molecular weight is 415 g/mol. The van der Waals surface area contributed by atoms with Crippen molar-refractivity contribution in [3.8, 4) is 5.75 Å². The molecule has 3 aromatic rings. The van der Waals surface area contributed by atoms with Crippen LogP contribution in [-0.2, 0) is 17.6 Å². The number of para-hydroxylation sites is 1. The van der Waals surface area contributed by atoms with E-state index in [0.29, 0.717) is 12.3 Å². The number of pyridine rings is 1. The van der Waals surface area contributed by atoms with E-state index >= 15 is 0 Å². The number of piperidine rings is 1. The molecule has 0 radical (unpaired) electrons. The lowest BCUT2D eigenvalue weighted by atomic mass is 9.93. The second-order valence-electron chi connectivity index (χ2n) is 8.21. The molecule has 1 aliphatic heterocycles. The Hall–Kier alpha value is -3.14. The highest BCUT2D eigenvalue weighted by atomic mass is 16.5. The molecule has 0 spiro atoms. The van der Waals surface area contributed by atoms with Gasteiger partial charge in [0, 0.05) is 48.8 Å². The Bertz CT molecular complexity index is 1000. The maximum atomic E-state index is 12.8. The van der Waals surface area contributed by atoms with E-state index in [4.69, 9.17) is 9.72 Å². The number of ether oxygens (including phenoxy) is 1. The Morgan fingerprint density at radius 1 is 1.03 bits per heavy atom. The second kappa shape index (κ2) is 10.3. The van der Waals surface area contributed by atoms with E-state index in [1.54, 1.807) is 7.11 Å². The molecule has 1 aliphatic rings. The van der Waals surface area contributed by atoms with Gasteiger partial charge >= 0.3 is 0 Å². The van der Waals surface area contributed by atoms with Crippen molar-refractivity contribution in [3.05, 3.63) is 95.3 Å². The minimum absolute atomic E-state index is 0.249. The van der Waals surface area contributed by atoms with Crippen molar-refractivity contribution < 1.29 is 9.53 Å². The number of amides is 1. The second-order valence-corrected chi connectivity index (χ2v) is 8.21. The third-order valence-electron chi connectivity index (χ3n) is 6.06. The number of carbonyl (C=O) groups excluding carboxylic acids is 1. The van der Waals surface area contributed by atoms with Crippen LogP contribution in [0.4, 0.5) is 0 Å². The van der Waals surface area contributed by atoms with Crippen molar-refractivity contribution in [2.24, 2.45) is 0 Å². The normalized spacial score (nSPS) is 16.2. The maximum absolute atomic E-state index is 12.8. The molecule has 2 heterocycles. The van der Waals surface area contributed by atoms with Gasteiger partial charge in [0.05, 0.1) is 7.11 Å². The number of nitrogens with zero attached hydrogens (tertiary/aromatic N) is 2. The van der Waals surface area contributed by atoms with Gasteiger partial charge in [0.25, 0.3) is 0 Å². The molecule has 4 rings (SSSR count). The number of carbonyl (C=O) groups is 1. The molecule has 160 valence electrons. The summed E-state index contributed by atoms with van der Waals surface area (Å²) in [5.74, 6) is 1.44. The highest BCUT2D eigenvalue weighted by Gasteiger charge is 2.25. The zero-order chi connectivity index (χ0) is 21.5. The number of benzene rings is 2. The molecule has 4 nitrogen and oxygen atoms in total. The number of hydrogen-bond donors (Lipinski definition) is 0. The predicted molar refractivity (Wildman–Crippen MR) is 123 cm³/mol. The Kier molecular flexibility index (Phi) is 6.98. The van der Waals surface area contributed by atoms with E-state index < -0.39 is 0 Å². The lowest BCUT2D eigenvalue weighted by molar-refractivity contribution is -0.132. The topological polar surface area (TPSA) is 42.4 Å². The number of likely N-dealkylation sites (tertiary alicyclic amines) is 1. The summed E-state index contributed by atoms with van der Waals surface area (Å²) in [6.45, 7) is 1.61. The van der Waals surface area contributed by atoms with Crippen molar-refractivity contribution in [1.82, 2.24) is 9.88 Å². The first-order chi connectivity index (χ1) is 15.2. The van der Waals surface area contributed by atoms with Gasteiger partial charge in [-0.1, -0.05) is 54.6 Å². The molecule has 1 fully saturated rings. The summed E-state index contributed by atoms with van der Waals surface area (Å²) in [6, 6.07) is 24.6. The van der Waals surface area contributed by atoms with Crippen molar-refractivity contribution in [2.45, 2.75) is 38.0 Å². The van der Waals surface area contributed by atoms with Gasteiger partial charge in [-0.15, -0.1) is 0 Å². The minimum Gasteiger partial charge on any atom is -0.496 e. The van der Waals surface area contributed by atoms with E-state index in [9.17, 15) is 4.79 Å². The summed E-state index contributed by atoms with van der Waals surface area (Å²) in [5.41, 5.74) is 4.48. The first-order valence-corrected chi connectivity index (χ1v) is 11.1. The van der Waals surface area contributed by atoms with Crippen molar-refractivity contribution in [3.63, 3.8) is 0 Å². The van der Waals surface area contributed by atoms with E-state index in [-0.39, 0.29) is 5.91 Å². The van der Waals surface area contributed by atoms with Crippen LogP contribution >= 0.6 is 0 Å². The lowest BCUT2D eigenvalue weighted by Crippen LogP contribution is -2.39. The largest absolute Gasteiger partial charge is 0.496 e. The number of hydrogen-bond acceptors (Lipinski definition) is 3. The quantitative estimate of drug-likeness (QED) is 0.545. The number of rotatable bonds is 7. The first kappa shape index (κ1) is 21.1. The summed E-state index contributed by atoms with van der Waals surface area (Å²) in [4.78, 5) is 19.8. The van der Waals surface area contributed by atoms with Crippen LogP contribution in [0.15, 0.2) is 72.8 Å². The Morgan fingerprint density at radius 3 is 2.68 bits per heavy atom. The van der Waals surface area contributed by atoms with Gasteiger partial charge in [-0.2, -0.15) is 0 Å². The third kappa shape index (κ3) is 5.52. The molecule has 1 amide bonds. The van der Waals surface area contributed by atoms with Crippen LogP contribution in [0.1, 0.15) is 47.7 Å². The zero-order valence-electron chi connectivity index (χ0n) is 18.2. The molecule has 1 unspecified atom stereocenters.